The second-order valence-corrected chi connectivity index (χ2v) is 9.16. The Morgan fingerprint density at radius 1 is 0.875 bits per heavy atom. The van der Waals surface area contributed by atoms with Gasteiger partial charge in [0, 0.05) is 11.4 Å². The number of carbonyl (C=O) groups excluding carboxylic acids is 1. The number of anilines is 2. The number of aryl methyl sites for hydroxylation is 2. The summed E-state index contributed by atoms with van der Waals surface area (Å²) >= 11 is 0. The van der Waals surface area contributed by atoms with Crippen molar-refractivity contribution in [2.75, 3.05) is 23.8 Å². The van der Waals surface area contributed by atoms with Crippen molar-refractivity contribution in [3.8, 4) is 11.5 Å². The Morgan fingerprint density at radius 2 is 1.53 bits per heavy atom. The highest BCUT2D eigenvalue weighted by Gasteiger charge is 2.15. The maximum Gasteiger partial charge on any atom is 0.262 e. The quantitative estimate of drug-likeness (QED) is 0.539. The standard InChI is InChI=1S/C24H24N2O5S/c1-30-21-11-6-20(7-12-21)26-32(28,29)23-13-8-19(9-14-23)25-24(27)16-31-22-10-5-17-3-2-4-18(17)15-22/h5-15,26H,2-4,16H2,1H3,(H,25,27). The third kappa shape index (κ3) is 5.20. The summed E-state index contributed by atoms with van der Waals surface area (Å²) in [5.74, 6) is 0.984. The monoisotopic (exact) mass is 452 g/mol. The highest BCUT2D eigenvalue weighted by Crippen LogP contribution is 2.26. The van der Waals surface area contributed by atoms with Crippen molar-refractivity contribution >= 4 is 27.3 Å². The highest BCUT2D eigenvalue weighted by atomic mass is 32.2. The summed E-state index contributed by atoms with van der Waals surface area (Å²) in [6, 6.07) is 18.4. The molecule has 0 bridgehead atoms. The number of carbonyl (C=O) groups is 1. The van der Waals surface area contributed by atoms with Crippen LogP contribution in [0.1, 0.15) is 17.5 Å². The molecule has 0 saturated carbocycles. The first-order valence-electron chi connectivity index (χ1n) is 10.2. The zero-order valence-corrected chi connectivity index (χ0v) is 18.4. The number of methoxy groups -OCH3 is 1. The van der Waals surface area contributed by atoms with Crippen LogP contribution in [0.3, 0.4) is 0 Å². The van der Waals surface area contributed by atoms with E-state index >= 15 is 0 Å². The molecule has 166 valence electrons. The van der Waals surface area contributed by atoms with Gasteiger partial charge in [0.2, 0.25) is 0 Å². The molecule has 32 heavy (non-hydrogen) atoms. The minimum absolute atomic E-state index is 0.0840. The number of hydrogen-bond acceptors (Lipinski definition) is 5. The lowest BCUT2D eigenvalue weighted by Gasteiger charge is -2.11. The van der Waals surface area contributed by atoms with Crippen molar-refractivity contribution < 1.29 is 22.7 Å². The molecule has 0 spiro atoms. The molecule has 1 aliphatic carbocycles. The molecule has 0 fully saturated rings. The van der Waals surface area contributed by atoms with E-state index in [1.165, 1.54) is 35.4 Å². The summed E-state index contributed by atoms with van der Waals surface area (Å²) in [5.41, 5.74) is 3.53. The number of nitrogens with one attached hydrogen (secondary N) is 2. The summed E-state index contributed by atoms with van der Waals surface area (Å²) in [6.07, 6.45) is 3.29. The first-order valence-corrected chi connectivity index (χ1v) is 11.7. The summed E-state index contributed by atoms with van der Waals surface area (Å²) in [4.78, 5) is 12.3. The van der Waals surface area contributed by atoms with Gasteiger partial charge in [0.25, 0.3) is 15.9 Å². The van der Waals surface area contributed by atoms with Gasteiger partial charge in [-0.2, -0.15) is 0 Å². The average Bonchev–Trinajstić information content (AvgIpc) is 3.26. The Hall–Kier alpha value is -3.52. The number of amides is 1. The highest BCUT2D eigenvalue weighted by molar-refractivity contribution is 7.92. The number of ether oxygens (including phenoxy) is 2. The third-order valence-electron chi connectivity index (χ3n) is 5.23. The molecule has 0 aliphatic heterocycles. The Bertz CT molecular complexity index is 1210. The maximum absolute atomic E-state index is 12.6. The Morgan fingerprint density at radius 3 is 2.25 bits per heavy atom. The molecule has 3 aromatic carbocycles. The zero-order chi connectivity index (χ0) is 22.6. The Kier molecular flexibility index (Phi) is 6.32. The van der Waals surface area contributed by atoms with E-state index in [-0.39, 0.29) is 17.4 Å². The number of benzene rings is 3. The summed E-state index contributed by atoms with van der Waals surface area (Å²) in [5, 5.41) is 2.71. The lowest BCUT2D eigenvalue weighted by atomic mass is 10.1. The smallest absolute Gasteiger partial charge is 0.262 e. The molecule has 0 unspecified atom stereocenters. The van der Waals surface area contributed by atoms with Crippen LogP contribution >= 0.6 is 0 Å². The molecular formula is C24H24N2O5S. The predicted octanol–water partition coefficient (Wildman–Crippen LogP) is 4.00. The third-order valence-corrected chi connectivity index (χ3v) is 6.63. The van der Waals surface area contributed by atoms with Gasteiger partial charge in [-0.1, -0.05) is 6.07 Å². The summed E-state index contributed by atoms with van der Waals surface area (Å²) < 4.78 is 38.3. The van der Waals surface area contributed by atoms with Crippen molar-refractivity contribution in [3.63, 3.8) is 0 Å². The average molecular weight is 453 g/mol. The lowest BCUT2D eigenvalue weighted by molar-refractivity contribution is -0.118. The van der Waals surface area contributed by atoms with Crippen LogP contribution in [0.25, 0.3) is 0 Å². The minimum atomic E-state index is -3.76. The second-order valence-electron chi connectivity index (χ2n) is 7.48. The van der Waals surface area contributed by atoms with Gasteiger partial charge in [-0.15, -0.1) is 0 Å². The molecule has 1 aliphatic rings. The summed E-state index contributed by atoms with van der Waals surface area (Å²) in [7, 11) is -2.22. The van der Waals surface area contributed by atoms with Crippen molar-refractivity contribution in [1.29, 1.82) is 0 Å². The van der Waals surface area contributed by atoms with Crippen LogP contribution in [0.4, 0.5) is 11.4 Å². The number of fused-ring (bicyclic) bond motifs is 1. The van der Waals surface area contributed by atoms with Gasteiger partial charge in [0.1, 0.15) is 11.5 Å². The van der Waals surface area contributed by atoms with E-state index in [9.17, 15) is 13.2 Å². The fourth-order valence-electron chi connectivity index (χ4n) is 3.57. The fourth-order valence-corrected chi connectivity index (χ4v) is 4.63. The van der Waals surface area contributed by atoms with Crippen LogP contribution in [0.15, 0.2) is 71.6 Å². The van der Waals surface area contributed by atoms with E-state index in [1.54, 1.807) is 31.4 Å². The number of hydrogen-bond donors (Lipinski definition) is 2. The van der Waals surface area contributed by atoms with E-state index in [4.69, 9.17) is 9.47 Å². The number of sulfonamides is 1. The van der Waals surface area contributed by atoms with Gasteiger partial charge in [0.05, 0.1) is 12.0 Å². The molecule has 0 heterocycles. The normalized spacial score (nSPS) is 12.7. The summed E-state index contributed by atoms with van der Waals surface area (Å²) in [6.45, 7) is -0.127. The van der Waals surface area contributed by atoms with Crippen LogP contribution < -0.4 is 19.5 Å². The van der Waals surface area contributed by atoms with Gasteiger partial charge >= 0.3 is 0 Å². The topological polar surface area (TPSA) is 93.7 Å². The lowest BCUT2D eigenvalue weighted by Crippen LogP contribution is -2.20. The van der Waals surface area contributed by atoms with E-state index < -0.39 is 10.0 Å². The molecule has 8 heteroatoms. The molecule has 2 N–H and O–H groups in total. The largest absolute Gasteiger partial charge is 0.497 e. The first kappa shape index (κ1) is 21.7. The minimum Gasteiger partial charge on any atom is -0.497 e. The van der Waals surface area contributed by atoms with Gasteiger partial charge in [-0.3, -0.25) is 9.52 Å². The Labute approximate surface area is 187 Å². The molecular weight excluding hydrogens is 428 g/mol. The van der Waals surface area contributed by atoms with Gasteiger partial charge in [-0.25, -0.2) is 8.42 Å². The van der Waals surface area contributed by atoms with Gasteiger partial charge in [-0.05, 0) is 91.1 Å². The molecule has 4 rings (SSSR count). The van der Waals surface area contributed by atoms with E-state index in [0.29, 0.717) is 22.9 Å². The predicted molar refractivity (Wildman–Crippen MR) is 123 cm³/mol. The second kappa shape index (κ2) is 9.32. The van der Waals surface area contributed by atoms with E-state index in [0.717, 1.165) is 19.3 Å². The molecule has 7 nitrogen and oxygen atoms in total. The van der Waals surface area contributed by atoms with Crippen LogP contribution in [0.5, 0.6) is 11.5 Å². The Balaban J connectivity index is 1.32. The SMILES string of the molecule is COc1ccc(NS(=O)(=O)c2ccc(NC(=O)COc3ccc4c(c3)CCC4)cc2)cc1. The maximum atomic E-state index is 12.6. The van der Waals surface area contributed by atoms with Crippen LogP contribution in [-0.4, -0.2) is 28.0 Å². The van der Waals surface area contributed by atoms with Crippen LogP contribution in [0, 0.1) is 0 Å². The van der Waals surface area contributed by atoms with E-state index in [2.05, 4.69) is 16.1 Å². The van der Waals surface area contributed by atoms with Crippen LogP contribution in [-0.2, 0) is 27.7 Å². The molecule has 0 aromatic heterocycles. The molecule has 0 saturated heterocycles. The van der Waals surface area contributed by atoms with Crippen molar-refractivity contribution in [2.24, 2.45) is 0 Å². The molecule has 0 atom stereocenters. The van der Waals surface area contributed by atoms with Crippen molar-refractivity contribution in [2.45, 2.75) is 24.2 Å². The van der Waals surface area contributed by atoms with Crippen LogP contribution in [0.2, 0.25) is 0 Å². The van der Waals surface area contributed by atoms with Crippen molar-refractivity contribution in [3.05, 3.63) is 77.9 Å². The van der Waals surface area contributed by atoms with Gasteiger partial charge in [0.15, 0.2) is 6.61 Å². The number of rotatable bonds is 8. The molecule has 1 amide bonds. The molecule has 3 aromatic rings. The van der Waals surface area contributed by atoms with Gasteiger partial charge < -0.3 is 14.8 Å². The van der Waals surface area contributed by atoms with Crippen molar-refractivity contribution in [1.82, 2.24) is 0 Å². The zero-order valence-electron chi connectivity index (χ0n) is 17.6. The fraction of sp³-hybridized carbons (Fsp3) is 0.208. The van der Waals surface area contributed by atoms with E-state index in [1.807, 2.05) is 12.1 Å². The first-order chi connectivity index (χ1) is 15.4. The molecule has 0 radical (unpaired) electrons.